The fraction of sp³-hybridized carbons (Fsp3) is 0.167. The molecule has 4 aromatic rings. The van der Waals surface area contributed by atoms with E-state index in [0.29, 0.717) is 35.0 Å². The van der Waals surface area contributed by atoms with Crippen LogP contribution in [0.1, 0.15) is 35.2 Å². The van der Waals surface area contributed by atoms with Crippen molar-refractivity contribution in [3.8, 4) is 11.5 Å². The fourth-order valence-electron chi connectivity index (χ4n) is 4.89. The van der Waals surface area contributed by atoms with E-state index in [1.165, 1.54) is 16.2 Å². The van der Waals surface area contributed by atoms with Crippen LogP contribution in [0.4, 0.5) is 5.13 Å². The molecule has 0 bridgehead atoms. The quantitative estimate of drug-likeness (QED) is 0.199. The fourth-order valence-corrected chi connectivity index (χ4v) is 5.56. The molecule has 1 fully saturated rings. The first-order valence-corrected chi connectivity index (χ1v) is 13.1. The molecular formula is C30H24N2O5S. The number of hydrogen-bond donors (Lipinski definition) is 1. The van der Waals surface area contributed by atoms with E-state index >= 15 is 0 Å². The highest BCUT2D eigenvalue weighted by Gasteiger charge is 2.48. The van der Waals surface area contributed by atoms with Crippen LogP contribution in [0.3, 0.4) is 0 Å². The summed E-state index contributed by atoms with van der Waals surface area (Å²) in [6.45, 7) is 2.39. The lowest BCUT2D eigenvalue weighted by Gasteiger charge is -2.23. The number of amides is 1. The maximum atomic E-state index is 13.3. The molecule has 1 saturated heterocycles. The molecule has 0 saturated carbocycles. The summed E-state index contributed by atoms with van der Waals surface area (Å²) in [6.07, 6.45) is 2.33. The third-order valence-electron chi connectivity index (χ3n) is 6.68. The van der Waals surface area contributed by atoms with E-state index in [1.54, 1.807) is 35.8 Å². The summed E-state index contributed by atoms with van der Waals surface area (Å²) >= 11 is 1.26. The minimum Gasteiger partial charge on any atom is -0.507 e. The Morgan fingerprint density at radius 1 is 1.11 bits per heavy atom. The largest absolute Gasteiger partial charge is 0.507 e. The molecule has 190 valence electrons. The number of anilines is 1. The number of rotatable bonds is 6. The SMILES string of the molecule is C[C@H]1Cc2cc(/C(O)=C3\C(=O)C(=O)N(c4nccs4)[C@H]3c3ccc(OCc4ccccc4)cc3)ccc2O1. The summed E-state index contributed by atoms with van der Waals surface area (Å²) in [6, 6.07) is 21.5. The average molecular weight is 525 g/mol. The number of nitrogens with zero attached hydrogens (tertiary/aromatic N) is 2. The number of carbonyl (C=O) groups excluding carboxylic acids is 2. The zero-order valence-corrected chi connectivity index (χ0v) is 21.4. The third kappa shape index (κ3) is 4.33. The van der Waals surface area contributed by atoms with Crippen LogP contribution in [0.15, 0.2) is 89.9 Å². The smallest absolute Gasteiger partial charge is 0.301 e. The normalized spacial score (nSPS) is 19.9. The van der Waals surface area contributed by atoms with Gasteiger partial charge in [0.1, 0.15) is 30.0 Å². The third-order valence-corrected chi connectivity index (χ3v) is 7.45. The topological polar surface area (TPSA) is 89.0 Å². The maximum absolute atomic E-state index is 13.3. The monoisotopic (exact) mass is 524 g/mol. The summed E-state index contributed by atoms with van der Waals surface area (Å²) in [7, 11) is 0. The van der Waals surface area contributed by atoms with E-state index in [9.17, 15) is 14.7 Å². The predicted octanol–water partition coefficient (Wildman–Crippen LogP) is 5.67. The van der Waals surface area contributed by atoms with Crippen LogP contribution in [0.5, 0.6) is 11.5 Å². The van der Waals surface area contributed by atoms with Crippen molar-refractivity contribution in [2.75, 3.05) is 4.90 Å². The van der Waals surface area contributed by atoms with E-state index in [1.807, 2.05) is 55.5 Å². The van der Waals surface area contributed by atoms with Gasteiger partial charge in [0.2, 0.25) is 0 Å². The summed E-state index contributed by atoms with van der Waals surface area (Å²) in [4.78, 5) is 32.2. The Balaban J connectivity index is 1.38. The van der Waals surface area contributed by atoms with Crippen LogP contribution < -0.4 is 14.4 Å². The molecule has 0 radical (unpaired) electrons. The second-order valence-electron chi connectivity index (χ2n) is 9.28. The van der Waals surface area contributed by atoms with E-state index in [2.05, 4.69) is 4.98 Å². The summed E-state index contributed by atoms with van der Waals surface area (Å²) in [5.74, 6) is -0.290. The van der Waals surface area contributed by atoms with Gasteiger partial charge in [-0.15, -0.1) is 11.3 Å². The molecule has 0 spiro atoms. The molecule has 2 aliphatic rings. The molecule has 1 N–H and O–H groups in total. The van der Waals surface area contributed by atoms with Gasteiger partial charge in [0.25, 0.3) is 5.78 Å². The van der Waals surface area contributed by atoms with Crippen LogP contribution in [0.25, 0.3) is 5.76 Å². The molecule has 1 aromatic heterocycles. The highest BCUT2D eigenvalue weighted by molar-refractivity contribution is 7.14. The number of hydrogen-bond acceptors (Lipinski definition) is 7. The van der Waals surface area contributed by atoms with Gasteiger partial charge in [-0.3, -0.25) is 14.5 Å². The van der Waals surface area contributed by atoms with Gasteiger partial charge in [0.15, 0.2) is 5.13 Å². The number of aliphatic hydroxyl groups is 1. The standard InChI is InChI=1S/C30H24N2O5S/c1-18-15-22-16-21(9-12-24(22)37-18)27(33)25-26(32(29(35)28(25)34)30-31-13-14-38-30)20-7-10-23(11-8-20)36-17-19-5-3-2-4-6-19/h2-14,16,18,26,33H,15,17H2,1H3/b27-25+/t18-,26-/m0/s1. The van der Waals surface area contributed by atoms with Gasteiger partial charge >= 0.3 is 5.91 Å². The van der Waals surface area contributed by atoms with E-state index in [4.69, 9.17) is 9.47 Å². The van der Waals surface area contributed by atoms with Crippen molar-refractivity contribution in [2.45, 2.75) is 32.1 Å². The number of ether oxygens (including phenoxy) is 2. The second-order valence-corrected chi connectivity index (χ2v) is 10.2. The molecule has 3 aromatic carbocycles. The molecule has 0 unspecified atom stereocenters. The maximum Gasteiger partial charge on any atom is 0.301 e. The lowest BCUT2D eigenvalue weighted by molar-refractivity contribution is -0.132. The summed E-state index contributed by atoms with van der Waals surface area (Å²) in [5.41, 5.74) is 3.14. The number of fused-ring (bicyclic) bond motifs is 1. The van der Waals surface area contributed by atoms with E-state index in [-0.39, 0.29) is 17.4 Å². The highest BCUT2D eigenvalue weighted by Crippen LogP contribution is 2.43. The second kappa shape index (κ2) is 9.79. The Hall–Kier alpha value is -4.43. The number of benzene rings is 3. The molecule has 3 heterocycles. The van der Waals surface area contributed by atoms with Crippen LogP contribution in [0, 0.1) is 0 Å². The van der Waals surface area contributed by atoms with Crippen LogP contribution >= 0.6 is 11.3 Å². The van der Waals surface area contributed by atoms with Gasteiger partial charge in [0.05, 0.1) is 11.6 Å². The number of carbonyl (C=O) groups is 2. The summed E-state index contributed by atoms with van der Waals surface area (Å²) < 4.78 is 11.7. The number of Topliss-reactive ketones (excluding diaryl/α,β-unsaturated/α-hetero) is 1. The number of thiazole rings is 1. The zero-order chi connectivity index (χ0) is 26.2. The first kappa shape index (κ1) is 23.9. The van der Waals surface area contributed by atoms with Crippen LogP contribution in [-0.4, -0.2) is 27.9 Å². The van der Waals surface area contributed by atoms with Crippen molar-refractivity contribution in [3.05, 3.63) is 112 Å². The highest BCUT2D eigenvalue weighted by atomic mass is 32.1. The van der Waals surface area contributed by atoms with Gasteiger partial charge in [-0.1, -0.05) is 42.5 Å². The van der Waals surface area contributed by atoms with E-state index in [0.717, 1.165) is 16.9 Å². The first-order valence-electron chi connectivity index (χ1n) is 12.3. The lowest BCUT2D eigenvalue weighted by atomic mass is 9.94. The van der Waals surface area contributed by atoms with Crippen LogP contribution in [0.2, 0.25) is 0 Å². The minimum atomic E-state index is -0.840. The van der Waals surface area contributed by atoms with Crippen molar-refractivity contribution in [1.29, 1.82) is 0 Å². The van der Waals surface area contributed by atoms with E-state index < -0.39 is 17.7 Å². The van der Waals surface area contributed by atoms with Crippen molar-refractivity contribution < 1.29 is 24.2 Å². The molecule has 2 atom stereocenters. The Kier molecular flexibility index (Phi) is 6.17. The average Bonchev–Trinajstić information content (AvgIpc) is 3.65. The van der Waals surface area contributed by atoms with Gasteiger partial charge < -0.3 is 14.6 Å². The summed E-state index contributed by atoms with van der Waals surface area (Å²) in [5, 5.41) is 13.5. The van der Waals surface area contributed by atoms with Gasteiger partial charge in [-0.2, -0.15) is 0 Å². The molecule has 2 aliphatic heterocycles. The number of aliphatic hydroxyl groups excluding tert-OH is 1. The predicted molar refractivity (Wildman–Crippen MR) is 144 cm³/mol. The Bertz CT molecular complexity index is 1530. The first-order chi connectivity index (χ1) is 18.5. The molecule has 8 heteroatoms. The molecule has 6 rings (SSSR count). The van der Waals surface area contributed by atoms with Gasteiger partial charge in [-0.25, -0.2) is 4.98 Å². The van der Waals surface area contributed by atoms with Crippen LogP contribution in [-0.2, 0) is 22.6 Å². The molecule has 0 aliphatic carbocycles. The van der Waals surface area contributed by atoms with Crippen molar-refractivity contribution >= 4 is 33.9 Å². The van der Waals surface area contributed by atoms with Crippen molar-refractivity contribution in [2.24, 2.45) is 0 Å². The minimum absolute atomic E-state index is 0.0232. The number of aromatic nitrogens is 1. The van der Waals surface area contributed by atoms with Gasteiger partial charge in [0, 0.05) is 23.6 Å². The molecule has 1 amide bonds. The molecule has 7 nitrogen and oxygen atoms in total. The zero-order valence-electron chi connectivity index (χ0n) is 20.5. The van der Waals surface area contributed by atoms with Crippen molar-refractivity contribution in [1.82, 2.24) is 4.98 Å². The Morgan fingerprint density at radius 2 is 1.89 bits per heavy atom. The molecule has 38 heavy (non-hydrogen) atoms. The Morgan fingerprint density at radius 3 is 2.63 bits per heavy atom. The van der Waals surface area contributed by atoms with Gasteiger partial charge in [-0.05, 0) is 53.9 Å². The number of ketones is 1. The van der Waals surface area contributed by atoms with Crippen molar-refractivity contribution in [3.63, 3.8) is 0 Å². The Labute approximate surface area is 223 Å². The lowest BCUT2D eigenvalue weighted by Crippen LogP contribution is -2.29. The molecular weight excluding hydrogens is 500 g/mol.